The van der Waals surface area contributed by atoms with E-state index in [0.717, 1.165) is 11.1 Å². The molecular weight excluding hydrogens is 304 g/mol. The lowest BCUT2D eigenvalue weighted by atomic mass is 9.96. The molecule has 0 amide bonds. The molecule has 1 heterocycles. The second-order valence-electron chi connectivity index (χ2n) is 5.68. The number of esters is 1. The molecule has 24 heavy (non-hydrogen) atoms. The number of hydrogen-bond acceptors (Lipinski definition) is 5. The Morgan fingerprint density at radius 1 is 1.29 bits per heavy atom. The van der Waals surface area contributed by atoms with Crippen molar-refractivity contribution in [3.05, 3.63) is 65.7 Å². The van der Waals surface area contributed by atoms with E-state index >= 15 is 0 Å². The molecule has 2 aromatic rings. The van der Waals surface area contributed by atoms with Gasteiger partial charge in [0.15, 0.2) is 5.78 Å². The molecule has 122 valence electrons. The number of Topliss-reactive ketones (excluding diaryl/α,β-unsaturated/α-hetero) is 1. The number of fused-ring (bicyclic) bond motifs is 1. The number of rotatable bonds is 4. The van der Waals surface area contributed by atoms with E-state index < -0.39 is 12.0 Å². The summed E-state index contributed by atoms with van der Waals surface area (Å²) >= 11 is 0. The van der Waals surface area contributed by atoms with Gasteiger partial charge in [-0.05, 0) is 29.3 Å². The van der Waals surface area contributed by atoms with Gasteiger partial charge in [-0.1, -0.05) is 36.9 Å². The molecule has 2 aromatic carbocycles. The Hall–Kier alpha value is -3.08. The molecular formula is C19H18N2O3. The van der Waals surface area contributed by atoms with E-state index in [0.29, 0.717) is 16.9 Å². The highest BCUT2D eigenvalue weighted by Gasteiger charge is 2.30. The van der Waals surface area contributed by atoms with Crippen LogP contribution in [-0.4, -0.2) is 17.8 Å². The number of nitrogens with one attached hydrogen (secondary N) is 1. The predicted octanol–water partition coefficient (Wildman–Crippen LogP) is 3.02. The van der Waals surface area contributed by atoms with Gasteiger partial charge in [-0.25, -0.2) is 4.79 Å². The zero-order chi connectivity index (χ0) is 17.1. The van der Waals surface area contributed by atoms with Gasteiger partial charge in [-0.3, -0.25) is 4.79 Å². The number of ketones is 1. The molecule has 0 aromatic heterocycles. The van der Waals surface area contributed by atoms with Crippen molar-refractivity contribution in [2.24, 2.45) is 0 Å². The van der Waals surface area contributed by atoms with E-state index in [4.69, 9.17) is 10.5 Å². The van der Waals surface area contributed by atoms with E-state index in [1.54, 1.807) is 24.3 Å². The first-order chi connectivity index (χ1) is 11.6. The summed E-state index contributed by atoms with van der Waals surface area (Å²) in [4.78, 5) is 24.4. The van der Waals surface area contributed by atoms with Crippen molar-refractivity contribution >= 4 is 29.2 Å². The van der Waals surface area contributed by atoms with Crippen LogP contribution >= 0.6 is 0 Å². The summed E-state index contributed by atoms with van der Waals surface area (Å²) in [6.07, 6.45) is 1.81. The molecule has 0 bridgehead atoms. The van der Waals surface area contributed by atoms with E-state index in [1.165, 1.54) is 0 Å². The third-order valence-electron chi connectivity index (χ3n) is 3.94. The van der Waals surface area contributed by atoms with Crippen LogP contribution in [0.25, 0.3) is 6.08 Å². The average molecular weight is 322 g/mol. The molecule has 0 aliphatic carbocycles. The Morgan fingerprint density at radius 3 is 2.75 bits per heavy atom. The summed E-state index contributed by atoms with van der Waals surface area (Å²) in [6.45, 7) is 3.86. The van der Waals surface area contributed by atoms with Gasteiger partial charge in [0.2, 0.25) is 0 Å². The minimum atomic E-state index is -0.680. The van der Waals surface area contributed by atoms with Crippen LogP contribution in [0.2, 0.25) is 0 Å². The smallest absolute Gasteiger partial charge is 0.329 e. The molecule has 0 spiro atoms. The van der Waals surface area contributed by atoms with Crippen molar-refractivity contribution in [2.75, 3.05) is 11.1 Å². The van der Waals surface area contributed by atoms with Crippen molar-refractivity contribution in [3.63, 3.8) is 0 Å². The molecule has 5 nitrogen and oxygen atoms in total. The minimum Gasteiger partial charge on any atom is -0.459 e. The molecule has 5 heteroatoms. The van der Waals surface area contributed by atoms with Crippen LogP contribution < -0.4 is 11.1 Å². The molecule has 3 rings (SSSR count). The topological polar surface area (TPSA) is 81.4 Å². The number of ether oxygens (including phenoxy) is 1. The molecule has 0 fully saturated rings. The van der Waals surface area contributed by atoms with Crippen molar-refractivity contribution in [1.82, 2.24) is 0 Å². The fourth-order valence-electron chi connectivity index (χ4n) is 2.60. The summed E-state index contributed by atoms with van der Waals surface area (Å²) in [7, 11) is 0. The summed E-state index contributed by atoms with van der Waals surface area (Å²) in [5.41, 5.74) is 9.22. The maximum absolute atomic E-state index is 12.2. The van der Waals surface area contributed by atoms with Crippen LogP contribution in [0.15, 0.2) is 49.0 Å². The van der Waals surface area contributed by atoms with E-state index in [9.17, 15) is 9.59 Å². The van der Waals surface area contributed by atoms with Gasteiger partial charge in [0.05, 0.1) is 0 Å². The number of carbonyl (C=O) groups excluding carboxylic acids is 2. The van der Waals surface area contributed by atoms with Crippen molar-refractivity contribution in [1.29, 1.82) is 0 Å². The van der Waals surface area contributed by atoms with Crippen LogP contribution in [0.1, 0.15) is 27.9 Å². The molecule has 1 atom stereocenters. The lowest BCUT2D eigenvalue weighted by Crippen LogP contribution is -2.37. The SMILES string of the molecule is C=Cc1ccc(COC(=O)C2CC(=O)c3cc(N)ccc3N2)cc1. The molecule has 0 saturated carbocycles. The highest BCUT2D eigenvalue weighted by atomic mass is 16.5. The second kappa shape index (κ2) is 6.58. The summed E-state index contributed by atoms with van der Waals surface area (Å²) in [5.74, 6) is -0.563. The third kappa shape index (κ3) is 3.30. The first kappa shape index (κ1) is 15.8. The van der Waals surface area contributed by atoms with Crippen LogP contribution in [0.4, 0.5) is 11.4 Å². The summed E-state index contributed by atoms with van der Waals surface area (Å²) in [5, 5.41) is 3.04. The highest BCUT2D eigenvalue weighted by molar-refractivity contribution is 6.07. The number of benzene rings is 2. The first-order valence-corrected chi connectivity index (χ1v) is 7.64. The van der Waals surface area contributed by atoms with Gasteiger partial charge >= 0.3 is 5.97 Å². The first-order valence-electron chi connectivity index (χ1n) is 7.64. The Bertz CT molecular complexity index is 797. The normalized spacial score (nSPS) is 16.0. The van der Waals surface area contributed by atoms with Crippen LogP contribution in [-0.2, 0) is 16.1 Å². The van der Waals surface area contributed by atoms with Crippen molar-refractivity contribution < 1.29 is 14.3 Å². The fraction of sp³-hybridized carbons (Fsp3) is 0.158. The van der Waals surface area contributed by atoms with Gasteiger partial charge in [0, 0.05) is 23.4 Å². The molecule has 1 aliphatic rings. The quantitative estimate of drug-likeness (QED) is 0.668. The predicted molar refractivity (Wildman–Crippen MR) is 93.5 cm³/mol. The van der Waals surface area contributed by atoms with Gasteiger partial charge < -0.3 is 15.8 Å². The zero-order valence-corrected chi connectivity index (χ0v) is 13.1. The number of carbonyl (C=O) groups is 2. The fourth-order valence-corrected chi connectivity index (χ4v) is 2.60. The number of hydrogen-bond donors (Lipinski definition) is 2. The number of nitrogen functional groups attached to an aromatic ring is 1. The molecule has 0 radical (unpaired) electrons. The Kier molecular flexibility index (Phi) is 4.33. The second-order valence-corrected chi connectivity index (χ2v) is 5.68. The van der Waals surface area contributed by atoms with Gasteiger partial charge in [-0.2, -0.15) is 0 Å². The molecule has 0 saturated heterocycles. The Labute approximate surface area is 140 Å². The Morgan fingerprint density at radius 2 is 2.04 bits per heavy atom. The van der Waals surface area contributed by atoms with Gasteiger partial charge in [0.25, 0.3) is 0 Å². The average Bonchev–Trinajstić information content (AvgIpc) is 2.60. The van der Waals surface area contributed by atoms with Crippen LogP contribution in [0.5, 0.6) is 0 Å². The molecule has 1 unspecified atom stereocenters. The monoisotopic (exact) mass is 322 g/mol. The number of anilines is 2. The third-order valence-corrected chi connectivity index (χ3v) is 3.94. The summed E-state index contributed by atoms with van der Waals surface area (Å²) < 4.78 is 5.32. The molecule has 1 aliphatic heterocycles. The maximum Gasteiger partial charge on any atom is 0.329 e. The lowest BCUT2D eigenvalue weighted by molar-refractivity contribution is -0.145. The lowest BCUT2D eigenvalue weighted by Gasteiger charge is -2.24. The van der Waals surface area contributed by atoms with Crippen LogP contribution in [0.3, 0.4) is 0 Å². The van der Waals surface area contributed by atoms with Gasteiger partial charge in [-0.15, -0.1) is 0 Å². The van der Waals surface area contributed by atoms with Crippen molar-refractivity contribution in [2.45, 2.75) is 19.1 Å². The van der Waals surface area contributed by atoms with E-state index in [2.05, 4.69) is 11.9 Å². The minimum absolute atomic E-state index is 0.0602. The Balaban J connectivity index is 1.64. The largest absolute Gasteiger partial charge is 0.459 e. The van der Waals surface area contributed by atoms with Gasteiger partial charge in [0.1, 0.15) is 12.6 Å². The zero-order valence-electron chi connectivity index (χ0n) is 13.1. The summed E-state index contributed by atoms with van der Waals surface area (Å²) in [6, 6.07) is 11.9. The molecule has 3 N–H and O–H groups in total. The highest BCUT2D eigenvalue weighted by Crippen LogP contribution is 2.27. The maximum atomic E-state index is 12.2. The van der Waals surface area contributed by atoms with Crippen LogP contribution in [0, 0.1) is 0 Å². The van der Waals surface area contributed by atoms with E-state index in [-0.39, 0.29) is 18.8 Å². The standard InChI is InChI=1S/C19H18N2O3/c1-2-12-3-5-13(6-4-12)11-24-19(23)17-10-18(22)15-9-14(20)7-8-16(15)21-17/h2-9,17,21H,1,10-11,20H2. The number of nitrogens with two attached hydrogens (primary N) is 1. The van der Waals surface area contributed by atoms with E-state index in [1.807, 2.05) is 24.3 Å². The van der Waals surface area contributed by atoms with Crippen molar-refractivity contribution in [3.8, 4) is 0 Å².